The van der Waals surface area contributed by atoms with Gasteiger partial charge in [-0.2, -0.15) is 0 Å². The van der Waals surface area contributed by atoms with Crippen molar-refractivity contribution in [1.29, 1.82) is 0 Å². The Morgan fingerprint density at radius 2 is 2.40 bits per heavy atom. The third-order valence-electron chi connectivity index (χ3n) is 2.52. The largest absolute Gasteiger partial charge is 0.388 e. The van der Waals surface area contributed by atoms with Crippen molar-refractivity contribution in [3.8, 4) is 0 Å². The van der Waals surface area contributed by atoms with Gasteiger partial charge in [-0.1, -0.05) is 11.6 Å². The maximum atomic E-state index is 9.48. The summed E-state index contributed by atoms with van der Waals surface area (Å²) < 4.78 is 0. The molecule has 0 aliphatic carbocycles. The lowest BCUT2D eigenvalue weighted by Gasteiger charge is -2.18. The molecule has 15 heavy (non-hydrogen) atoms. The average Bonchev–Trinajstić information content (AvgIpc) is 2.45. The predicted octanol–water partition coefficient (Wildman–Crippen LogP) is 1.19. The van der Waals surface area contributed by atoms with E-state index in [1.807, 2.05) is 19.9 Å². The van der Waals surface area contributed by atoms with Gasteiger partial charge in [0.15, 0.2) is 0 Å². The highest BCUT2D eigenvalue weighted by Crippen LogP contribution is 2.21. The standard InChI is InChI=1S/C11H16N2OS/c1-7-11(15-8(2)13-7)4-9-3-10(14)6-12-5-9/h3,10,12,14H,4-6H2,1-2H3. The van der Waals surface area contributed by atoms with Gasteiger partial charge < -0.3 is 10.4 Å². The van der Waals surface area contributed by atoms with Gasteiger partial charge in [0.1, 0.15) is 0 Å². The zero-order chi connectivity index (χ0) is 10.8. The van der Waals surface area contributed by atoms with Crippen molar-refractivity contribution in [1.82, 2.24) is 10.3 Å². The highest BCUT2D eigenvalue weighted by atomic mass is 32.1. The summed E-state index contributed by atoms with van der Waals surface area (Å²) in [4.78, 5) is 5.72. The van der Waals surface area contributed by atoms with E-state index in [2.05, 4.69) is 10.3 Å². The molecule has 0 saturated carbocycles. The van der Waals surface area contributed by atoms with Crippen LogP contribution in [-0.2, 0) is 6.42 Å². The van der Waals surface area contributed by atoms with Crippen LogP contribution in [0.5, 0.6) is 0 Å². The minimum absolute atomic E-state index is 0.330. The monoisotopic (exact) mass is 224 g/mol. The fraction of sp³-hybridized carbons (Fsp3) is 0.545. The Bertz CT molecular complexity index is 384. The molecule has 3 nitrogen and oxygen atoms in total. The topological polar surface area (TPSA) is 45.2 Å². The summed E-state index contributed by atoms with van der Waals surface area (Å²) >= 11 is 1.75. The van der Waals surface area contributed by atoms with Crippen LogP contribution >= 0.6 is 11.3 Å². The molecule has 2 rings (SSSR count). The normalized spacial score (nSPS) is 21.5. The van der Waals surface area contributed by atoms with E-state index < -0.39 is 0 Å². The van der Waals surface area contributed by atoms with Crippen molar-refractivity contribution in [2.45, 2.75) is 26.4 Å². The van der Waals surface area contributed by atoms with Crippen molar-refractivity contribution in [3.63, 3.8) is 0 Å². The lowest BCUT2D eigenvalue weighted by atomic mass is 10.1. The van der Waals surface area contributed by atoms with Gasteiger partial charge in [-0.25, -0.2) is 4.98 Å². The van der Waals surface area contributed by atoms with Crippen LogP contribution in [0.4, 0.5) is 0 Å². The first-order valence-electron chi connectivity index (χ1n) is 5.16. The first-order chi connectivity index (χ1) is 7.15. The van der Waals surface area contributed by atoms with Crippen molar-refractivity contribution in [2.75, 3.05) is 13.1 Å². The number of aliphatic hydroxyl groups excluding tert-OH is 1. The van der Waals surface area contributed by atoms with Gasteiger partial charge in [0.05, 0.1) is 16.8 Å². The maximum Gasteiger partial charge on any atom is 0.0900 e. The molecule has 0 saturated heterocycles. The van der Waals surface area contributed by atoms with E-state index in [0.717, 1.165) is 23.7 Å². The summed E-state index contributed by atoms with van der Waals surface area (Å²) in [6.07, 6.45) is 2.55. The number of rotatable bonds is 2. The molecule has 2 N–H and O–H groups in total. The van der Waals surface area contributed by atoms with Gasteiger partial charge >= 0.3 is 0 Å². The maximum absolute atomic E-state index is 9.48. The fourth-order valence-electron chi connectivity index (χ4n) is 1.84. The Morgan fingerprint density at radius 1 is 1.60 bits per heavy atom. The quantitative estimate of drug-likeness (QED) is 0.742. The molecule has 82 valence electrons. The smallest absolute Gasteiger partial charge is 0.0900 e. The number of hydrogen-bond acceptors (Lipinski definition) is 4. The number of nitrogens with zero attached hydrogens (tertiary/aromatic N) is 1. The van der Waals surface area contributed by atoms with Crippen LogP contribution < -0.4 is 5.32 Å². The molecule has 1 atom stereocenters. The van der Waals surface area contributed by atoms with E-state index in [0.29, 0.717) is 6.54 Å². The molecule has 0 aromatic carbocycles. The molecule has 1 aliphatic heterocycles. The van der Waals surface area contributed by atoms with E-state index in [9.17, 15) is 5.11 Å². The van der Waals surface area contributed by atoms with Crippen LogP contribution in [0.1, 0.15) is 15.6 Å². The van der Waals surface area contributed by atoms with Gasteiger partial charge in [0, 0.05) is 24.4 Å². The van der Waals surface area contributed by atoms with Gasteiger partial charge in [0.25, 0.3) is 0 Å². The average molecular weight is 224 g/mol. The number of aryl methyl sites for hydroxylation is 2. The Kier molecular flexibility index (Phi) is 3.19. The Hall–Kier alpha value is -0.710. The zero-order valence-corrected chi connectivity index (χ0v) is 9.90. The van der Waals surface area contributed by atoms with Crippen LogP contribution in [0.25, 0.3) is 0 Å². The number of aromatic nitrogens is 1. The summed E-state index contributed by atoms with van der Waals surface area (Å²) in [6, 6.07) is 0. The highest BCUT2D eigenvalue weighted by molar-refractivity contribution is 7.11. The highest BCUT2D eigenvalue weighted by Gasteiger charge is 2.13. The number of thiazole rings is 1. The first-order valence-corrected chi connectivity index (χ1v) is 5.98. The predicted molar refractivity (Wildman–Crippen MR) is 62.3 cm³/mol. The van der Waals surface area contributed by atoms with Gasteiger partial charge in [-0.05, 0) is 13.8 Å². The van der Waals surface area contributed by atoms with E-state index in [1.54, 1.807) is 11.3 Å². The molecule has 0 radical (unpaired) electrons. The minimum Gasteiger partial charge on any atom is -0.388 e. The second-order valence-corrected chi connectivity index (χ2v) is 5.23. The van der Waals surface area contributed by atoms with Crippen molar-refractivity contribution in [3.05, 3.63) is 27.2 Å². The van der Waals surface area contributed by atoms with Crippen LogP contribution in [0.3, 0.4) is 0 Å². The minimum atomic E-state index is -0.330. The third kappa shape index (κ3) is 2.65. The van der Waals surface area contributed by atoms with E-state index in [4.69, 9.17) is 0 Å². The lowest BCUT2D eigenvalue weighted by Crippen LogP contribution is -2.32. The Balaban J connectivity index is 2.11. The zero-order valence-electron chi connectivity index (χ0n) is 9.08. The first kappa shape index (κ1) is 10.8. The molecular weight excluding hydrogens is 208 g/mol. The molecule has 1 aromatic heterocycles. The van der Waals surface area contributed by atoms with Crippen molar-refractivity contribution >= 4 is 11.3 Å². The van der Waals surface area contributed by atoms with Gasteiger partial charge in [0.2, 0.25) is 0 Å². The van der Waals surface area contributed by atoms with Gasteiger partial charge in [-0.15, -0.1) is 11.3 Å². The summed E-state index contributed by atoms with van der Waals surface area (Å²) in [6.45, 7) is 5.63. The van der Waals surface area contributed by atoms with Gasteiger partial charge in [-0.3, -0.25) is 0 Å². The second kappa shape index (κ2) is 4.43. The Morgan fingerprint density at radius 3 is 3.00 bits per heavy atom. The lowest BCUT2D eigenvalue weighted by molar-refractivity contribution is 0.213. The number of aliphatic hydroxyl groups is 1. The second-order valence-electron chi connectivity index (χ2n) is 3.94. The molecule has 0 spiro atoms. The molecule has 4 heteroatoms. The fourth-order valence-corrected chi connectivity index (χ4v) is 2.83. The summed E-state index contributed by atoms with van der Waals surface area (Å²) in [5.41, 5.74) is 2.39. The molecule has 1 aromatic rings. The molecule has 1 aliphatic rings. The summed E-state index contributed by atoms with van der Waals surface area (Å²) in [7, 11) is 0. The summed E-state index contributed by atoms with van der Waals surface area (Å²) in [5, 5.41) is 13.8. The van der Waals surface area contributed by atoms with Crippen molar-refractivity contribution < 1.29 is 5.11 Å². The molecule has 2 heterocycles. The number of nitrogens with one attached hydrogen (secondary N) is 1. The summed E-state index contributed by atoms with van der Waals surface area (Å²) in [5.74, 6) is 0. The third-order valence-corrected chi connectivity index (χ3v) is 3.59. The SMILES string of the molecule is Cc1nc(C)c(CC2=CC(O)CNC2)s1. The van der Waals surface area contributed by atoms with Crippen LogP contribution in [0.2, 0.25) is 0 Å². The van der Waals surface area contributed by atoms with Crippen molar-refractivity contribution in [2.24, 2.45) is 0 Å². The Labute approximate surface area is 93.9 Å². The molecule has 0 amide bonds. The van der Waals surface area contributed by atoms with E-state index in [1.165, 1.54) is 10.5 Å². The van der Waals surface area contributed by atoms with Crippen LogP contribution in [-0.4, -0.2) is 29.3 Å². The molecule has 0 fully saturated rings. The van der Waals surface area contributed by atoms with Crippen LogP contribution in [0.15, 0.2) is 11.6 Å². The molecule has 0 bridgehead atoms. The van der Waals surface area contributed by atoms with E-state index in [-0.39, 0.29) is 6.10 Å². The molecule has 1 unspecified atom stereocenters. The van der Waals surface area contributed by atoms with Crippen LogP contribution in [0, 0.1) is 13.8 Å². The number of β-amino-alcohol motifs (C(OH)–C–C–N with tert-alkyl or cyclic N) is 1. The number of hydrogen-bond donors (Lipinski definition) is 2. The van der Waals surface area contributed by atoms with E-state index >= 15 is 0 Å². The molecular formula is C11H16N2OS.